The van der Waals surface area contributed by atoms with Crippen LogP contribution in [0.1, 0.15) is 0 Å². The minimum atomic E-state index is 0.902. The Kier molecular flexibility index (Phi) is 6.40. The summed E-state index contributed by atoms with van der Waals surface area (Å²) in [5.74, 6) is 0. The van der Waals surface area contributed by atoms with Gasteiger partial charge in [-0.3, -0.25) is 0 Å². The van der Waals surface area contributed by atoms with Crippen LogP contribution in [0.2, 0.25) is 0 Å². The molecule has 0 bridgehead atoms. The summed E-state index contributed by atoms with van der Waals surface area (Å²) in [7, 11) is 0. The highest BCUT2D eigenvalue weighted by molar-refractivity contribution is 6.29. The molecule has 0 saturated heterocycles. The van der Waals surface area contributed by atoms with Crippen molar-refractivity contribution in [3.05, 3.63) is 194 Å². The summed E-state index contributed by atoms with van der Waals surface area (Å²) in [4.78, 5) is 0. The van der Waals surface area contributed by atoms with E-state index >= 15 is 0 Å². The van der Waals surface area contributed by atoms with Crippen molar-refractivity contribution in [2.45, 2.75) is 0 Å². The van der Waals surface area contributed by atoms with Gasteiger partial charge in [-0.15, -0.1) is 0 Å². The normalized spacial score (nSPS) is 12.0. The van der Waals surface area contributed by atoms with E-state index in [1.165, 1.54) is 86.9 Å². The molecule has 12 aromatic rings. The van der Waals surface area contributed by atoms with Crippen molar-refractivity contribution in [1.82, 2.24) is 0 Å². The first-order valence-electron chi connectivity index (χ1n) is 19.0. The fourth-order valence-electron chi connectivity index (χ4n) is 9.13. The van der Waals surface area contributed by atoms with E-state index < -0.39 is 0 Å². The molecular weight excluding hydrogens is 665 g/mol. The standard InChI is InChI=1S/C54H32O/c1-3-11-43-34(8-1)10-7-15-44(43)40-25-27-48-47-26-24-38(31-51(47)55-52(48)32-40)37-21-16-33-17-22-39(29-42(33)28-37)50-30-41-23-20-36-19-18-35-9-2-4-12-45(35)53(36)54(41)49-14-6-5-13-46(49)50/h1-32H. The third-order valence-electron chi connectivity index (χ3n) is 11.8. The Morgan fingerprint density at radius 2 is 0.745 bits per heavy atom. The Balaban J connectivity index is 0.969. The summed E-state index contributed by atoms with van der Waals surface area (Å²) < 4.78 is 6.58. The van der Waals surface area contributed by atoms with Gasteiger partial charge >= 0.3 is 0 Å². The van der Waals surface area contributed by atoms with Crippen LogP contribution in [0.25, 0.3) is 120 Å². The van der Waals surface area contributed by atoms with E-state index in [4.69, 9.17) is 4.42 Å². The lowest BCUT2D eigenvalue weighted by Gasteiger charge is -2.15. The molecule has 1 aromatic heterocycles. The van der Waals surface area contributed by atoms with Crippen LogP contribution in [0.15, 0.2) is 199 Å². The summed E-state index contributed by atoms with van der Waals surface area (Å²) >= 11 is 0. The second-order valence-electron chi connectivity index (χ2n) is 14.8. The van der Waals surface area contributed by atoms with Gasteiger partial charge in [0.05, 0.1) is 0 Å². The van der Waals surface area contributed by atoms with Crippen molar-refractivity contribution in [2.24, 2.45) is 0 Å². The summed E-state index contributed by atoms with van der Waals surface area (Å²) in [5.41, 5.74) is 8.97. The minimum absolute atomic E-state index is 0.902. The van der Waals surface area contributed by atoms with Crippen LogP contribution in [0.3, 0.4) is 0 Å². The van der Waals surface area contributed by atoms with E-state index in [9.17, 15) is 0 Å². The average Bonchev–Trinajstić information content (AvgIpc) is 3.62. The van der Waals surface area contributed by atoms with Crippen molar-refractivity contribution in [3.63, 3.8) is 0 Å². The largest absolute Gasteiger partial charge is 0.456 e. The van der Waals surface area contributed by atoms with Crippen molar-refractivity contribution < 1.29 is 4.42 Å². The second kappa shape index (κ2) is 11.6. The Labute approximate surface area is 317 Å². The van der Waals surface area contributed by atoms with Crippen LogP contribution in [-0.4, -0.2) is 0 Å². The monoisotopic (exact) mass is 696 g/mol. The number of hydrogen-bond donors (Lipinski definition) is 0. The van der Waals surface area contributed by atoms with Gasteiger partial charge in [0, 0.05) is 10.8 Å². The molecule has 1 heterocycles. The van der Waals surface area contributed by atoms with Crippen LogP contribution < -0.4 is 0 Å². The number of rotatable bonds is 3. The highest BCUT2D eigenvalue weighted by Crippen LogP contribution is 2.42. The van der Waals surface area contributed by atoms with Gasteiger partial charge in [-0.1, -0.05) is 152 Å². The first kappa shape index (κ1) is 30.3. The third kappa shape index (κ3) is 4.67. The molecule has 55 heavy (non-hydrogen) atoms. The Morgan fingerprint density at radius 1 is 0.236 bits per heavy atom. The quantitative estimate of drug-likeness (QED) is 0.168. The van der Waals surface area contributed by atoms with Crippen LogP contribution in [0, 0.1) is 0 Å². The zero-order valence-corrected chi connectivity index (χ0v) is 29.9. The highest BCUT2D eigenvalue weighted by Gasteiger charge is 2.15. The van der Waals surface area contributed by atoms with Crippen LogP contribution in [-0.2, 0) is 0 Å². The van der Waals surface area contributed by atoms with Crippen LogP contribution in [0.5, 0.6) is 0 Å². The molecule has 12 rings (SSSR count). The molecule has 1 heteroatoms. The van der Waals surface area contributed by atoms with Gasteiger partial charge in [0.1, 0.15) is 11.2 Å². The van der Waals surface area contributed by atoms with Crippen molar-refractivity contribution in [2.75, 3.05) is 0 Å². The molecule has 0 aliphatic rings. The number of hydrogen-bond acceptors (Lipinski definition) is 1. The molecule has 0 aliphatic carbocycles. The van der Waals surface area contributed by atoms with E-state index in [2.05, 4.69) is 194 Å². The summed E-state index contributed by atoms with van der Waals surface area (Å²) in [6.07, 6.45) is 0. The van der Waals surface area contributed by atoms with Crippen molar-refractivity contribution >= 4 is 86.6 Å². The third-order valence-corrected chi connectivity index (χ3v) is 11.8. The number of furan rings is 1. The number of benzene rings is 11. The Hall–Kier alpha value is -7.22. The summed E-state index contributed by atoms with van der Waals surface area (Å²) in [6, 6.07) is 71.1. The van der Waals surface area contributed by atoms with E-state index in [1.54, 1.807) is 0 Å². The van der Waals surface area contributed by atoms with Gasteiger partial charge in [0.2, 0.25) is 0 Å². The fraction of sp³-hybridized carbons (Fsp3) is 0. The lowest BCUT2D eigenvalue weighted by atomic mass is 9.88. The Bertz CT molecular complexity index is 3540. The molecule has 0 radical (unpaired) electrons. The molecular formula is C54H32O. The molecule has 0 fully saturated rings. The van der Waals surface area contributed by atoms with Crippen molar-refractivity contribution in [3.8, 4) is 33.4 Å². The maximum atomic E-state index is 6.58. The van der Waals surface area contributed by atoms with E-state index in [1.807, 2.05) is 0 Å². The first-order valence-corrected chi connectivity index (χ1v) is 19.0. The van der Waals surface area contributed by atoms with Gasteiger partial charge in [-0.25, -0.2) is 0 Å². The van der Waals surface area contributed by atoms with Crippen molar-refractivity contribution in [1.29, 1.82) is 0 Å². The van der Waals surface area contributed by atoms with Crippen LogP contribution in [0.4, 0.5) is 0 Å². The predicted molar refractivity (Wildman–Crippen MR) is 235 cm³/mol. The molecule has 0 N–H and O–H groups in total. The van der Waals surface area contributed by atoms with E-state index in [-0.39, 0.29) is 0 Å². The first-order chi connectivity index (χ1) is 27.2. The fourth-order valence-corrected chi connectivity index (χ4v) is 9.13. The average molecular weight is 697 g/mol. The minimum Gasteiger partial charge on any atom is -0.456 e. The van der Waals surface area contributed by atoms with Crippen LogP contribution >= 0.6 is 0 Å². The zero-order chi connectivity index (χ0) is 36.0. The SMILES string of the molecule is c1ccc2c(-c3ccc4c(c3)oc3cc(-c5ccc6ccc(-c7cc8ccc9ccc%10ccccc%10c9c8c8ccccc78)cc6c5)ccc34)cccc2c1. The molecule has 1 nitrogen and oxygen atoms in total. The van der Waals surface area contributed by atoms with E-state index in [0.29, 0.717) is 0 Å². The molecule has 0 spiro atoms. The molecule has 0 amide bonds. The molecule has 0 saturated carbocycles. The zero-order valence-electron chi connectivity index (χ0n) is 29.9. The smallest absolute Gasteiger partial charge is 0.136 e. The second-order valence-corrected chi connectivity index (χ2v) is 14.8. The van der Waals surface area contributed by atoms with Gasteiger partial charge in [-0.2, -0.15) is 0 Å². The Morgan fingerprint density at radius 3 is 1.56 bits per heavy atom. The highest BCUT2D eigenvalue weighted by atomic mass is 16.3. The summed E-state index contributed by atoms with van der Waals surface area (Å²) in [5, 5.41) is 17.5. The van der Waals surface area contributed by atoms with Gasteiger partial charge in [0.15, 0.2) is 0 Å². The lowest BCUT2D eigenvalue weighted by molar-refractivity contribution is 0.669. The number of fused-ring (bicyclic) bond motifs is 12. The molecule has 0 unspecified atom stereocenters. The van der Waals surface area contributed by atoms with E-state index in [0.717, 1.165) is 33.1 Å². The molecule has 11 aromatic carbocycles. The summed E-state index contributed by atoms with van der Waals surface area (Å²) in [6.45, 7) is 0. The topological polar surface area (TPSA) is 13.1 Å². The maximum absolute atomic E-state index is 6.58. The predicted octanol–water partition coefficient (Wildman–Crippen LogP) is 15.5. The molecule has 0 atom stereocenters. The maximum Gasteiger partial charge on any atom is 0.136 e. The van der Waals surface area contributed by atoms with Gasteiger partial charge in [0.25, 0.3) is 0 Å². The lowest BCUT2D eigenvalue weighted by Crippen LogP contribution is -1.88. The van der Waals surface area contributed by atoms with Gasteiger partial charge in [-0.05, 0) is 140 Å². The van der Waals surface area contributed by atoms with Gasteiger partial charge < -0.3 is 4.42 Å². The molecule has 0 aliphatic heterocycles. The molecule has 254 valence electrons.